The molecule has 0 aromatic rings. The largest absolute Gasteiger partial charge is 0.447 e. The van der Waals surface area contributed by atoms with Crippen LogP contribution in [0.15, 0.2) is 12.7 Å². The standard InChI is InChI=1S/C9H13NO3/c1-2-3-4-5-8(11)10-6-7-13-9(10)12/h2H,1,3-7H2. The van der Waals surface area contributed by atoms with Crippen LogP contribution in [0.5, 0.6) is 0 Å². The lowest BCUT2D eigenvalue weighted by atomic mass is 10.2. The number of allylic oxidation sites excluding steroid dienone is 1. The maximum atomic E-state index is 11.3. The Hall–Kier alpha value is -1.32. The molecule has 0 radical (unpaired) electrons. The fraction of sp³-hybridized carbons (Fsp3) is 0.556. The van der Waals surface area contributed by atoms with Crippen LogP contribution in [0.1, 0.15) is 19.3 Å². The molecule has 1 saturated heterocycles. The first-order valence-corrected chi connectivity index (χ1v) is 4.33. The van der Waals surface area contributed by atoms with E-state index in [2.05, 4.69) is 11.3 Å². The van der Waals surface area contributed by atoms with E-state index in [0.717, 1.165) is 17.7 Å². The van der Waals surface area contributed by atoms with E-state index in [1.54, 1.807) is 6.08 Å². The lowest BCUT2D eigenvalue weighted by Gasteiger charge is -2.09. The quantitative estimate of drug-likeness (QED) is 0.488. The molecule has 4 heteroatoms. The fourth-order valence-electron chi connectivity index (χ4n) is 1.15. The minimum Gasteiger partial charge on any atom is -0.447 e. The van der Waals surface area contributed by atoms with Crippen molar-refractivity contribution < 1.29 is 14.3 Å². The number of imide groups is 1. The van der Waals surface area contributed by atoms with Gasteiger partial charge in [-0.25, -0.2) is 9.69 Å². The number of unbranched alkanes of at least 4 members (excludes halogenated alkanes) is 1. The molecule has 0 spiro atoms. The molecule has 1 rings (SSSR count). The van der Waals surface area contributed by atoms with Gasteiger partial charge in [0.2, 0.25) is 5.91 Å². The number of rotatable bonds is 4. The molecule has 2 amide bonds. The Balaban J connectivity index is 2.30. The van der Waals surface area contributed by atoms with Crippen LogP contribution in [0.2, 0.25) is 0 Å². The van der Waals surface area contributed by atoms with Gasteiger partial charge in [-0.2, -0.15) is 0 Å². The first kappa shape index (κ1) is 9.77. The maximum absolute atomic E-state index is 11.3. The number of amides is 2. The van der Waals surface area contributed by atoms with Crippen molar-refractivity contribution in [2.75, 3.05) is 13.2 Å². The third kappa shape index (κ3) is 2.57. The van der Waals surface area contributed by atoms with Gasteiger partial charge in [0.05, 0.1) is 6.54 Å². The Labute approximate surface area is 77.2 Å². The lowest BCUT2D eigenvalue weighted by molar-refractivity contribution is -0.127. The normalized spacial score (nSPS) is 15.7. The number of nitrogens with zero attached hydrogens (tertiary/aromatic N) is 1. The highest BCUT2D eigenvalue weighted by atomic mass is 16.6. The van der Waals surface area contributed by atoms with E-state index in [4.69, 9.17) is 0 Å². The molecule has 0 saturated carbocycles. The first-order chi connectivity index (χ1) is 6.25. The van der Waals surface area contributed by atoms with Crippen LogP contribution in [0.25, 0.3) is 0 Å². The van der Waals surface area contributed by atoms with Crippen molar-refractivity contribution in [3.05, 3.63) is 12.7 Å². The molecule has 0 N–H and O–H groups in total. The van der Waals surface area contributed by atoms with Crippen molar-refractivity contribution in [2.45, 2.75) is 19.3 Å². The zero-order valence-corrected chi connectivity index (χ0v) is 7.49. The highest BCUT2D eigenvalue weighted by molar-refractivity contribution is 5.92. The van der Waals surface area contributed by atoms with E-state index in [1.165, 1.54) is 0 Å². The zero-order chi connectivity index (χ0) is 9.68. The topological polar surface area (TPSA) is 46.6 Å². The molecular formula is C9H13NO3. The number of carbonyl (C=O) groups excluding carboxylic acids is 2. The molecule has 1 heterocycles. The third-order valence-corrected chi connectivity index (χ3v) is 1.86. The van der Waals surface area contributed by atoms with Gasteiger partial charge in [-0.3, -0.25) is 4.79 Å². The smallest absolute Gasteiger partial charge is 0.416 e. The molecular weight excluding hydrogens is 170 g/mol. The predicted molar refractivity (Wildman–Crippen MR) is 47.1 cm³/mol. The summed E-state index contributed by atoms with van der Waals surface area (Å²) in [4.78, 5) is 23.4. The number of carbonyl (C=O) groups is 2. The van der Waals surface area contributed by atoms with Gasteiger partial charge >= 0.3 is 6.09 Å². The van der Waals surface area contributed by atoms with E-state index in [0.29, 0.717) is 19.6 Å². The molecule has 1 aliphatic rings. The first-order valence-electron chi connectivity index (χ1n) is 4.33. The Kier molecular flexibility index (Phi) is 3.49. The van der Waals surface area contributed by atoms with Crippen molar-refractivity contribution >= 4 is 12.0 Å². The minimum absolute atomic E-state index is 0.149. The molecule has 0 aliphatic carbocycles. The number of cyclic esters (lactones) is 1. The van der Waals surface area contributed by atoms with Gasteiger partial charge in [-0.1, -0.05) is 6.08 Å². The molecule has 0 aromatic heterocycles. The Bertz CT molecular complexity index is 225. The summed E-state index contributed by atoms with van der Waals surface area (Å²) < 4.78 is 4.64. The summed E-state index contributed by atoms with van der Waals surface area (Å²) in [6, 6.07) is 0. The summed E-state index contributed by atoms with van der Waals surface area (Å²) in [5.74, 6) is -0.149. The van der Waals surface area contributed by atoms with Crippen molar-refractivity contribution in [1.29, 1.82) is 0 Å². The van der Waals surface area contributed by atoms with Crippen LogP contribution in [-0.2, 0) is 9.53 Å². The monoisotopic (exact) mass is 183 g/mol. The van der Waals surface area contributed by atoms with Gasteiger partial charge in [-0.15, -0.1) is 6.58 Å². The van der Waals surface area contributed by atoms with E-state index < -0.39 is 6.09 Å². The van der Waals surface area contributed by atoms with Gasteiger partial charge < -0.3 is 4.74 Å². The van der Waals surface area contributed by atoms with Gasteiger partial charge in [0, 0.05) is 6.42 Å². The molecule has 0 unspecified atom stereocenters. The Morgan fingerprint density at radius 1 is 1.69 bits per heavy atom. The van der Waals surface area contributed by atoms with Crippen LogP contribution >= 0.6 is 0 Å². The second-order valence-corrected chi connectivity index (χ2v) is 2.84. The third-order valence-electron chi connectivity index (χ3n) is 1.86. The van der Waals surface area contributed by atoms with Crippen LogP contribution in [0.3, 0.4) is 0 Å². The Morgan fingerprint density at radius 3 is 3.00 bits per heavy atom. The van der Waals surface area contributed by atoms with E-state index in [1.807, 2.05) is 0 Å². The summed E-state index contributed by atoms with van der Waals surface area (Å²) in [6.07, 6.45) is 3.18. The average Bonchev–Trinajstić information content (AvgIpc) is 2.52. The summed E-state index contributed by atoms with van der Waals surface area (Å²) in [5, 5.41) is 0. The number of hydrogen-bond donors (Lipinski definition) is 0. The van der Waals surface area contributed by atoms with Crippen molar-refractivity contribution in [2.24, 2.45) is 0 Å². The van der Waals surface area contributed by atoms with Crippen LogP contribution in [0, 0.1) is 0 Å². The second-order valence-electron chi connectivity index (χ2n) is 2.84. The minimum atomic E-state index is -0.511. The summed E-state index contributed by atoms with van der Waals surface area (Å²) in [7, 11) is 0. The van der Waals surface area contributed by atoms with Crippen LogP contribution in [0.4, 0.5) is 4.79 Å². The maximum Gasteiger partial charge on any atom is 0.416 e. The molecule has 4 nitrogen and oxygen atoms in total. The zero-order valence-electron chi connectivity index (χ0n) is 7.49. The SMILES string of the molecule is C=CCCCC(=O)N1CCOC1=O. The van der Waals surface area contributed by atoms with Crippen molar-refractivity contribution in [3.63, 3.8) is 0 Å². The highest BCUT2D eigenvalue weighted by Gasteiger charge is 2.27. The molecule has 0 aromatic carbocycles. The van der Waals surface area contributed by atoms with E-state index >= 15 is 0 Å². The van der Waals surface area contributed by atoms with Gasteiger partial charge in [0.25, 0.3) is 0 Å². The number of hydrogen-bond acceptors (Lipinski definition) is 3. The van der Waals surface area contributed by atoms with Gasteiger partial charge in [0.15, 0.2) is 0 Å². The van der Waals surface area contributed by atoms with E-state index in [9.17, 15) is 9.59 Å². The van der Waals surface area contributed by atoms with E-state index in [-0.39, 0.29) is 5.91 Å². The highest BCUT2D eigenvalue weighted by Crippen LogP contribution is 2.07. The summed E-state index contributed by atoms with van der Waals surface area (Å²) in [6.45, 7) is 4.27. The van der Waals surface area contributed by atoms with Crippen LogP contribution in [-0.4, -0.2) is 30.1 Å². The van der Waals surface area contributed by atoms with Crippen molar-refractivity contribution in [3.8, 4) is 0 Å². The van der Waals surface area contributed by atoms with Gasteiger partial charge in [0.1, 0.15) is 6.61 Å². The average molecular weight is 183 g/mol. The summed E-state index contributed by atoms with van der Waals surface area (Å²) in [5.41, 5.74) is 0. The number of ether oxygens (including phenoxy) is 1. The molecule has 1 fully saturated rings. The van der Waals surface area contributed by atoms with Crippen molar-refractivity contribution in [1.82, 2.24) is 4.90 Å². The van der Waals surface area contributed by atoms with Gasteiger partial charge in [-0.05, 0) is 12.8 Å². The lowest BCUT2D eigenvalue weighted by Crippen LogP contribution is -2.31. The fourth-order valence-corrected chi connectivity index (χ4v) is 1.15. The molecule has 0 atom stereocenters. The molecule has 0 bridgehead atoms. The molecule has 13 heavy (non-hydrogen) atoms. The van der Waals surface area contributed by atoms with Crippen LogP contribution < -0.4 is 0 Å². The predicted octanol–water partition coefficient (Wildman–Crippen LogP) is 1.32. The second kappa shape index (κ2) is 4.64. The summed E-state index contributed by atoms with van der Waals surface area (Å²) >= 11 is 0. The molecule has 1 aliphatic heterocycles. The Morgan fingerprint density at radius 2 is 2.46 bits per heavy atom. The molecule has 72 valence electrons.